The number of nitrogens with zero attached hydrogens (tertiary/aromatic N) is 4. The van der Waals surface area contributed by atoms with Crippen molar-refractivity contribution in [2.24, 2.45) is 16.2 Å². The minimum absolute atomic E-state index is 0. The summed E-state index contributed by atoms with van der Waals surface area (Å²) < 4.78 is 28.5. The molecule has 19 rings (SSSR count). The Kier molecular flexibility index (Phi) is 60.8. The highest BCUT2D eigenvalue weighted by Gasteiger charge is 2.66. The lowest BCUT2D eigenvalue weighted by Gasteiger charge is -2.57. The van der Waals surface area contributed by atoms with E-state index in [0.717, 1.165) is 189 Å². The first-order chi connectivity index (χ1) is 68.4. The highest BCUT2D eigenvalue weighted by Crippen LogP contribution is 2.82. The molecule has 6 aliphatic carbocycles. The molecule has 13 aliphatic rings. The average Bonchev–Trinajstić information content (AvgIpc) is 1.56. The van der Waals surface area contributed by atoms with E-state index in [-0.39, 0.29) is 90.2 Å². The van der Waals surface area contributed by atoms with Gasteiger partial charge >= 0.3 is 11.6 Å². The van der Waals surface area contributed by atoms with Gasteiger partial charge in [-0.2, -0.15) is 8.42 Å². The van der Waals surface area contributed by atoms with E-state index in [1.165, 1.54) is 139 Å². The molecule has 7 heterocycles. The summed E-state index contributed by atoms with van der Waals surface area (Å²) in [7, 11) is 7.98. The summed E-state index contributed by atoms with van der Waals surface area (Å²) >= 11 is 22.3. The first-order valence-electron chi connectivity index (χ1n) is 49.5. The van der Waals surface area contributed by atoms with Crippen LogP contribution in [0.5, 0.6) is 0 Å². The molecule has 0 aromatic heterocycles. The van der Waals surface area contributed by atoms with Gasteiger partial charge in [0.25, 0.3) is 17.7 Å². The first-order valence-corrected chi connectivity index (χ1v) is 64.1. The molecule has 7 aliphatic heterocycles. The summed E-state index contributed by atoms with van der Waals surface area (Å²) in [6.07, 6.45) is 42.2. The number of benzene rings is 6. The normalized spacial score (nSPS) is 23.8. The van der Waals surface area contributed by atoms with Crippen molar-refractivity contribution in [3.63, 3.8) is 0 Å². The van der Waals surface area contributed by atoms with Gasteiger partial charge in [0, 0.05) is 173 Å². The number of aliphatic hydroxyl groups is 1. The molecule has 10 amide bonds. The van der Waals surface area contributed by atoms with Gasteiger partial charge in [0.15, 0.2) is 0 Å². The van der Waals surface area contributed by atoms with Crippen molar-refractivity contribution in [1.82, 2.24) is 35.6 Å². The van der Waals surface area contributed by atoms with Crippen molar-refractivity contribution in [3.05, 3.63) is 199 Å². The van der Waals surface area contributed by atoms with Crippen LogP contribution in [0, 0.1) is 16.2 Å². The molecule has 24 nitrogen and oxygen atoms in total. The first kappa shape index (κ1) is 124. The van der Waals surface area contributed by atoms with Crippen LogP contribution in [0.2, 0.25) is 0 Å². The van der Waals surface area contributed by atoms with Gasteiger partial charge in [0.2, 0.25) is 50.6 Å². The number of alkyl halides is 6. The van der Waals surface area contributed by atoms with Crippen LogP contribution in [0.3, 0.4) is 0 Å². The van der Waals surface area contributed by atoms with Gasteiger partial charge < -0.3 is 56.6 Å². The summed E-state index contributed by atoms with van der Waals surface area (Å²) in [5.74, 6) is 2.34. The fourth-order valence-electron chi connectivity index (χ4n) is 22.1. The number of carbonyl (C=O) groups excluding carboxylic acids is 10. The lowest BCUT2D eigenvalue weighted by Crippen LogP contribution is -2.49. The lowest BCUT2D eigenvalue weighted by molar-refractivity contribution is -0.131. The second kappa shape index (κ2) is 69.5. The monoisotopic (exact) mass is 2500 g/mol. The Labute approximate surface area is 921 Å². The maximum atomic E-state index is 12.1. The van der Waals surface area contributed by atoms with Crippen LogP contribution in [-0.4, -0.2) is 233 Å². The third-order valence-corrected chi connectivity index (χ3v) is 42.7. The Morgan fingerprint density at radius 3 is 0.965 bits per heavy atom. The number of likely N-dealkylation sites (tertiary alicyclic amines) is 4. The van der Waals surface area contributed by atoms with Gasteiger partial charge in [0.1, 0.15) is 6.73 Å². The van der Waals surface area contributed by atoms with Gasteiger partial charge in [-0.25, -0.2) is 4.21 Å². The van der Waals surface area contributed by atoms with Crippen molar-refractivity contribution in [2.75, 3.05) is 118 Å². The van der Waals surface area contributed by atoms with Crippen LogP contribution >= 0.6 is 160 Å². The topological polar surface area (TPSA) is 327 Å². The smallest absolute Gasteiger partial charge is 0.335 e. The molecule has 7 N–H and O–H groups in total. The predicted octanol–water partition coefficient (Wildman–Crippen LogP) is 23.3. The van der Waals surface area contributed by atoms with Crippen molar-refractivity contribution in [3.8, 4) is 0 Å². The minimum atomic E-state index is -1.67. The maximum absolute atomic E-state index is 12.1. The Morgan fingerprint density at radius 2 is 0.683 bits per heavy atom. The molecule has 0 radical (unpaired) electrons. The fraction of sp³-hybridized carbons (Fsp3) is 0.558. The van der Waals surface area contributed by atoms with Gasteiger partial charge in [0.05, 0.1) is 10.6 Å². The van der Waals surface area contributed by atoms with Gasteiger partial charge in [-0.1, -0.05) is 239 Å². The van der Waals surface area contributed by atoms with Crippen LogP contribution < -0.4 is 31.9 Å². The van der Waals surface area contributed by atoms with E-state index in [2.05, 4.69) is 126 Å². The molecular weight excluding hydrogens is 2360 g/mol. The highest BCUT2D eigenvalue weighted by atomic mass is 127. The predicted molar refractivity (Wildman–Crippen MR) is 613 cm³/mol. The molecule has 6 unspecified atom stereocenters. The Hall–Kier alpha value is -4.83. The zero-order valence-corrected chi connectivity index (χ0v) is 96.5. The highest BCUT2D eigenvalue weighted by molar-refractivity contribution is 14.1. The zero-order valence-electron chi connectivity index (χ0n) is 81.1. The SMILES string of the molecule is Cl.O=C(CCCCl)Nc1ccccc1.O=C(CCCI)Nc1ccccc1.O=C(CCCP1C2CCCC23CCCC13)Nc1ccccc1.O=C(NCCCl)c1ccccc1.O=C(NCCI)c1ccccc1.O=C(NCCP1C2CCCC23CCCC13)c1ccccc1.O=C1CCCN1CCl.O=C1CCCN1CI.O=C1CCCN1CO.O=C1CCCN1CP1C2CCCC23CCCC13.O=S(Cl)Cl.O=S=O. The fourth-order valence-corrected chi connectivity index (χ4v) is 37.4. The number of halogens is 9. The molecule has 6 saturated carbocycles. The number of amides is 10. The molecule has 13 fully saturated rings. The van der Waals surface area contributed by atoms with Crippen molar-refractivity contribution < 1.29 is 65.7 Å². The molecular formula is C104H142Cl6I3N10O14P3S2. The number of hydrogen-bond donors (Lipinski definition) is 7. The van der Waals surface area contributed by atoms with Crippen LogP contribution in [0.25, 0.3) is 0 Å². The number of carbonyl (C=O) groups is 10. The van der Waals surface area contributed by atoms with Gasteiger partial charge in [-0.3, -0.25) is 47.9 Å². The molecule has 7 saturated heterocycles. The van der Waals surface area contributed by atoms with Crippen LogP contribution in [0.1, 0.15) is 237 Å². The number of para-hydroxylation sites is 3. The van der Waals surface area contributed by atoms with Crippen LogP contribution in [-0.2, 0) is 54.4 Å². The minimum Gasteiger partial charge on any atom is -0.376 e. The van der Waals surface area contributed by atoms with E-state index in [1.807, 2.05) is 175 Å². The van der Waals surface area contributed by atoms with Crippen LogP contribution in [0.4, 0.5) is 17.1 Å². The molecule has 142 heavy (non-hydrogen) atoms. The van der Waals surface area contributed by atoms with E-state index in [0.29, 0.717) is 73.8 Å². The number of hydrogen-bond acceptors (Lipinski definition) is 14. The Morgan fingerprint density at radius 1 is 0.387 bits per heavy atom. The second-order valence-electron chi connectivity index (χ2n) is 36.6. The average molecular weight is 2510 g/mol. The number of rotatable bonds is 28. The third-order valence-electron chi connectivity index (χ3n) is 28.2. The van der Waals surface area contributed by atoms with Crippen molar-refractivity contribution in [1.29, 1.82) is 0 Å². The molecule has 38 heteroatoms. The molecule has 6 aromatic carbocycles. The van der Waals surface area contributed by atoms with Crippen molar-refractivity contribution in [2.45, 2.75) is 239 Å². The van der Waals surface area contributed by atoms with Crippen LogP contribution in [0.15, 0.2) is 182 Å². The third kappa shape index (κ3) is 39.8. The molecule has 6 aromatic rings. The second-order valence-corrected chi connectivity index (χ2v) is 51.1. The van der Waals surface area contributed by atoms with E-state index in [1.54, 1.807) is 17.0 Å². The number of aliphatic hydroxyl groups excluding tert-OH is 1. The van der Waals surface area contributed by atoms with Gasteiger partial charge in [-0.05, 0) is 257 Å². The molecule has 782 valence electrons. The quantitative estimate of drug-likeness (QED) is 0.00790. The summed E-state index contributed by atoms with van der Waals surface area (Å²) in [5.41, 5.74) is 13.6. The standard InChI is InChI=1S/C19H26NOP.C18H24NOP.C14H22NOP.C10H12ClNO.C10H12INO.C9H10ClNO.C9H10INO.C5H8ClNO.C5H8INO.C5H9NO2.Cl2OS.ClH.O2S/c21-18(20-15-7-2-1-3-8-15)11-6-14-22-16-9-4-12-19(16)13-5-10-17(19)22;20-17(14-6-2-1-3-7-14)19-12-13-21-15-8-4-10-18(15)11-5-9-16(18)21;16-13-6-3-9-15(13)10-17-11-4-1-7-14(11)8-2-5-12(14)17;2*11-8-4-7-10(13)12-9-5-2-1-3-6-9;2*10-6-7-11-9(12)8-4-2-1-3-5-8;2*6-4-7-3-1-2-5(7)8;7-4-6-3-1-2-5(6)8;1-4(2)3;;1-3-2/h1-3,7-8,16-17H,4-6,9-14H2,(H,20,21);1-3,6-7,15-16H,4-5,8-13H2,(H,19,20);11-12H,1-10H2;2*1-3,5-6H,4,7-8H2,(H,12,13);2*1-5H,6-7H2,(H,11,12);2*1-4H2;7H,1-4H2;;1H;. The van der Waals surface area contributed by atoms with E-state index >= 15 is 0 Å². The lowest BCUT2D eigenvalue weighted by atomic mass is 9.82. The Bertz CT molecular complexity index is 4600. The zero-order chi connectivity index (χ0) is 102. The van der Waals surface area contributed by atoms with Gasteiger partial charge in [-0.15, -0.1) is 47.2 Å². The number of nitrogens with one attached hydrogen (secondary N) is 6. The summed E-state index contributed by atoms with van der Waals surface area (Å²) in [6.45, 7) is 5.62. The summed E-state index contributed by atoms with van der Waals surface area (Å²) in [6, 6.07) is 57.0. The van der Waals surface area contributed by atoms with E-state index in [4.69, 9.17) is 52.5 Å². The molecule has 6 atom stereocenters. The summed E-state index contributed by atoms with van der Waals surface area (Å²) in [4.78, 5) is 120. The van der Waals surface area contributed by atoms with E-state index < -0.39 is 20.8 Å². The van der Waals surface area contributed by atoms with Crippen molar-refractivity contribution >= 4 is 257 Å². The molecule has 3 spiro atoms. The summed E-state index contributed by atoms with van der Waals surface area (Å²) in [5, 5.41) is 25.7. The molecule has 0 bridgehead atoms. The Balaban J connectivity index is 0.000000216. The van der Waals surface area contributed by atoms with E-state index in [9.17, 15) is 47.9 Å². The number of anilines is 3. The maximum Gasteiger partial charge on any atom is 0.335 e. The largest absolute Gasteiger partial charge is 0.376 e.